The Hall–Kier alpha value is -2.92. The Bertz CT molecular complexity index is 953. The van der Waals surface area contributed by atoms with E-state index in [-0.39, 0.29) is 23.3 Å². The second-order valence-electron chi connectivity index (χ2n) is 6.07. The van der Waals surface area contributed by atoms with Crippen molar-refractivity contribution in [3.8, 4) is 0 Å². The molecular weight excluding hydrogens is 361 g/mol. The van der Waals surface area contributed by atoms with E-state index in [0.29, 0.717) is 16.8 Å². The van der Waals surface area contributed by atoms with Gasteiger partial charge in [-0.2, -0.15) is 0 Å². The predicted octanol–water partition coefficient (Wildman–Crippen LogP) is 5.36. The largest absolute Gasteiger partial charge is 0.322 e. The number of hydrogen-bond donors (Lipinski definition) is 1. The van der Waals surface area contributed by atoms with Gasteiger partial charge < -0.3 is 5.32 Å². The first-order chi connectivity index (χ1) is 13.0. The number of hydrogen-bond acceptors (Lipinski definition) is 3. The SMILES string of the molecule is Cc1cccc(C(=O)Nc2ccc(SCC(=O)c3ccc(F)cc3)cc2)c1. The molecule has 0 unspecified atom stereocenters. The fourth-order valence-electron chi connectivity index (χ4n) is 2.49. The zero-order valence-corrected chi connectivity index (χ0v) is 15.6. The average molecular weight is 379 g/mol. The molecule has 0 saturated carbocycles. The standard InChI is InChI=1S/C22H18FNO2S/c1-15-3-2-4-17(13-15)22(26)24-19-9-11-20(12-10-19)27-14-21(25)16-5-7-18(23)8-6-16/h2-13H,14H2,1H3,(H,24,26). The summed E-state index contributed by atoms with van der Waals surface area (Å²) >= 11 is 1.40. The van der Waals surface area contributed by atoms with Crippen LogP contribution in [0.25, 0.3) is 0 Å². The summed E-state index contributed by atoms with van der Waals surface area (Å²) in [6.45, 7) is 1.94. The molecule has 1 amide bonds. The van der Waals surface area contributed by atoms with Crippen LogP contribution >= 0.6 is 11.8 Å². The fourth-order valence-corrected chi connectivity index (χ4v) is 3.29. The highest BCUT2D eigenvalue weighted by Gasteiger charge is 2.08. The van der Waals surface area contributed by atoms with Crippen molar-refractivity contribution in [3.63, 3.8) is 0 Å². The Morgan fingerprint density at radius 2 is 1.63 bits per heavy atom. The van der Waals surface area contributed by atoms with Gasteiger partial charge >= 0.3 is 0 Å². The van der Waals surface area contributed by atoms with Crippen molar-refractivity contribution in [1.82, 2.24) is 0 Å². The van der Waals surface area contributed by atoms with Crippen LogP contribution in [0.4, 0.5) is 10.1 Å². The van der Waals surface area contributed by atoms with Gasteiger partial charge in [-0.1, -0.05) is 17.7 Å². The van der Waals surface area contributed by atoms with Crippen LogP contribution in [-0.2, 0) is 0 Å². The maximum atomic E-state index is 12.9. The highest BCUT2D eigenvalue weighted by atomic mass is 32.2. The van der Waals surface area contributed by atoms with Gasteiger partial charge in [-0.15, -0.1) is 11.8 Å². The molecule has 0 atom stereocenters. The number of nitrogens with one attached hydrogen (secondary N) is 1. The molecule has 5 heteroatoms. The number of halogens is 1. The van der Waals surface area contributed by atoms with Gasteiger partial charge in [0.1, 0.15) is 5.82 Å². The number of ketones is 1. The first-order valence-electron chi connectivity index (χ1n) is 8.41. The summed E-state index contributed by atoms with van der Waals surface area (Å²) < 4.78 is 12.9. The van der Waals surface area contributed by atoms with E-state index in [2.05, 4.69) is 5.32 Å². The quantitative estimate of drug-likeness (QED) is 0.463. The zero-order chi connectivity index (χ0) is 19.2. The minimum atomic E-state index is -0.359. The van der Waals surface area contributed by atoms with Crippen LogP contribution in [0.5, 0.6) is 0 Å². The topological polar surface area (TPSA) is 46.2 Å². The van der Waals surface area contributed by atoms with Gasteiger partial charge in [0, 0.05) is 21.7 Å². The molecule has 0 radical (unpaired) electrons. The number of Topliss-reactive ketones (excluding diaryl/α,β-unsaturated/α-hetero) is 1. The van der Waals surface area contributed by atoms with Gasteiger partial charge in [-0.05, 0) is 67.6 Å². The van der Waals surface area contributed by atoms with Gasteiger partial charge in [0.05, 0.1) is 5.75 Å². The molecule has 0 spiro atoms. The Morgan fingerprint density at radius 3 is 2.30 bits per heavy atom. The van der Waals surface area contributed by atoms with Crippen LogP contribution in [-0.4, -0.2) is 17.4 Å². The summed E-state index contributed by atoms with van der Waals surface area (Å²) in [4.78, 5) is 25.3. The number of carbonyl (C=O) groups excluding carboxylic acids is 2. The molecule has 3 rings (SSSR count). The van der Waals surface area contributed by atoms with Gasteiger partial charge in [-0.3, -0.25) is 9.59 Å². The lowest BCUT2D eigenvalue weighted by Gasteiger charge is -2.07. The Labute approximate surface area is 161 Å². The lowest BCUT2D eigenvalue weighted by Crippen LogP contribution is -2.11. The van der Waals surface area contributed by atoms with Gasteiger partial charge in [0.15, 0.2) is 5.78 Å². The Morgan fingerprint density at radius 1 is 0.926 bits per heavy atom. The number of amides is 1. The molecule has 3 aromatic carbocycles. The summed E-state index contributed by atoms with van der Waals surface area (Å²) in [5.74, 6) is -0.314. The van der Waals surface area contributed by atoms with Gasteiger partial charge in [0.2, 0.25) is 0 Å². The molecule has 0 aliphatic carbocycles. The zero-order valence-electron chi connectivity index (χ0n) is 14.7. The van der Waals surface area contributed by atoms with Crippen molar-refractivity contribution in [2.24, 2.45) is 0 Å². The summed E-state index contributed by atoms with van der Waals surface area (Å²) in [6, 6.07) is 20.3. The van der Waals surface area contributed by atoms with E-state index in [4.69, 9.17) is 0 Å². The monoisotopic (exact) mass is 379 g/mol. The van der Waals surface area contributed by atoms with Gasteiger partial charge in [-0.25, -0.2) is 4.39 Å². The summed E-state index contributed by atoms with van der Waals surface area (Å²) in [6.07, 6.45) is 0. The highest BCUT2D eigenvalue weighted by Crippen LogP contribution is 2.22. The molecule has 0 heterocycles. The highest BCUT2D eigenvalue weighted by molar-refractivity contribution is 8.00. The second-order valence-corrected chi connectivity index (χ2v) is 7.12. The number of anilines is 1. The lowest BCUT2D eigenvalue weighted by molar-refractivity contribution is 0.101. The summed E-state index contributed by atoms with van der Waals surface area (Å²) in [5, 5.41) is 2.86. The Balaban J connectivity index is 1.56. The van der Waals surface area contributed by atoms with E-state index in [1.54, 1.807) is 18.2 Å². The number of rotatable bonds is 6. The fraction of sp³-hybridized carbons (Fsp3) is 0.0909. The molecule has 0 fully saturated rings. The first-order valence-corrected chi connectivity index (χ1v) is 9.39. The van der Waals surface area contributed by atoms with E-state index in [9.17, 15) is 14.0 Å². The third kappa shape index (κ3) is 5.28. The molecule has 0 aliphatic rings. The molecule has 1 N–H and O–H groups in total. The Kier molecular flexibility index (Phi) is 6.04. The molecular formula is C22H18FNO2S. The second kappa shape index (κ2) is 8.64. The van der Waals surface area contributed by atoms with Crippen LogP contribution in [0.3, 0.4) is 0 Å². The van der Waals surface area contributed by atoms with E-state index in [0.717, 1.165) is 10.5 Å². The lowest BCUT2D eigenvalue weighted by atomic mass is 10.1. The van der Waals surface area contributed by atoms with E-state index < -0.39 is 0 Å². The minimum Gasteiger partial charge on any atom is -0.322 e. The smallest absolute Gasteiger partial charge is 0.255 e. The molecule has 3 aromatic rings. The average Bonchev–Trinajstić information content (AvgIpc) is 2.68. The normalized spacial score (nSPS) is 10.4. The van der Waals surface area contributed by atoms with Crippen molar-refractivity contribution in [2.45, 2.75) is 11.8 Å². The third-order valence-electron chi connectivity index (χ3n) is 3.93. The van der Waals surface area contributed by atoms with Crippen molar-refractivity contribution >= 4 is 29.1 Å². The molecule has 0 aliphatic heterocycles. The first kappa shape index (κ1) is 18.9. The number of benzene rings is 3. The molecule has 0 saturated heterocycles. The minimum absolute atomic E-state index is 0.0585. The van der Waals surface area contributed by atoms with Crippen molar-refractivity contribution in [2.75, 3.05) is 11.1 Å². The maximum absolute atomic E-state index is 12.9. The number of thioether (sulfide) groups is 1. The van der Waals surface area contributed by atoms with Crippen LogP contribution in [0, 0.1) is 12.7 Å². The number of aryl methyl sites for hydroxylation is 1. The van der Waals surface area contributed by atoms with Crippen LogP contribution in [0.2, 0.25) is 0 Å². The third-order valence-corrected chi connectivity index (χ3v) is 4.94. The summed E-state index contributed by atoms with van der Waals surface area (Å²) in [7, 11) is 0. The molecule has 27 heavy (non-hydrogen) atoms. The maximum Gasteiger partial charge on any atom is 0.255 e. The van der Waals surface area contributed by atoms with E-state index >= 15 is 0 Å². The van der Waals surface area contributed by atoms with Crippen molar-refractivity contribution < 1.29 is 14.0 Å². The molecule has 0 bridgehead atoms. The summed E-state index contributed by atoms with van der Waals surface area (Å²) in [5.41, 5.74) is 2.82. The van der Waals surface area contributed by atoms with Crippen LogP contribution in [0.15, 0.2) is 77.7 Å². The van der Waals surface area contributed by atoms with E-state index in [1.165, 1.54) is 36.0 Å². The van der Waals surface area contributed by atoms with Crippen LogP contribution in [0.1, 0.15) is 26.3 Å². The molecule has 136 valence electrons. The van der Waals surface area contributed by atoms with E-state index in [1.807, 2.05) is 37.3 Å². The van der Waals surface area contributed by atoms with Crippen molar-refractivity contribution in [1.29, 1.82) is 0 Å². The molecule has 3 nitrogen and oxygen atoms in total. The predicted molar refractivity (Wildman–Crippen MR) is 107 cm³/mol. The number of carbonyl (C=O) groups is 2. The van der Waals surface area contributed by atoms with Gasteiger partial charge in [0.25, 0.3) is 5.91 Å². The molecule has 0 aromatic heterocycles. The van der Waals surface area contributed by atoms with Crippen LogP contribution < -0.4 is 5.32 Å². The van der Waals surface area contributed by atoms with Crippen molar-refractivity contribution in [3.05, 3.63) is 95.3 Å².